The fourth-order valence-corrected chi connectivity index (χ4v) is 1.79. The van der Waals surface area contributed by atoms with Crippen molar-refractivity contribution >= 4 is 0 Å². The van der Waals surface area contributed by atoms with Crippen LogP contribution in [0.5, 0.6) is 0 Å². The molecular formula is C12H18N4. The van der Waals surface area contributed by atoms with E-state index < -0.39 is 0 Å². The molecule has 0 radical (unpaired) electrons. The largest absolute Gasteiger partial charge is 0.353 e. The van der Waals surface area contributed by atoms with Gasteiger partial charge in [-0.3, -0.25) is 4.68 Å². The minimum absolute atomic E-state index is 0.860. The van der Waals surface area contributed by atoms with Gasteiger partial charge in [-0.1, -0.05) is 0 Å². The van der Waals surface area contributed by atoms with Crippen LogP contribution >= 0.6 is 0 Å². The maximum Gasteiger partial charge on any atom is 0.0522 e. The van der Waals surface area contributed by atoms with Gasteiger partial charge in [-0.15, -0.1) is 0 Å². The zero-order valence-corrected chi connectivity index (χ0v) is 9.85. The van der Waals surface area contributed by atoms with Crippen molar-refractivity contribution in [3.05, 3.63) is 42.0 Å². The third-order valence-electron chi connectivity index (χ3n) is 2.77. The molecule has 0 fully saturated rings. The summed E-state index contributed by atoms with van der Waals surface area (Å²) in [5, 5.41) is 7.66. The second-order valence-electron chi connectivity index (χ2n) is 3.85. The fourth-order valence-electron chi connectivity index (χ4n) is 1.79. The molecule has 86 valence electrons. The van der Waals surface area contributed by atoms with Crippen molar-refractivity contribution in [1.82, 2.24) is 19.7 Å². The summed E-state index contributed by atoms with van der Waals surface area (Å²) >= 11 is 0. The van der Waals surface area contributed by atoms with Gasteiger partial charge in [-0.05, 0) is 25.1 Å². The van der Waals surface area contributed by atoms with Crippen LogP contribution in [0.3, 0.4) is 0 Å². The Bertz CT molecular complexity index is 441. The number of aryl methyl sites for hydroxylation is 2. The summed E-state index contributed by atoms with van der Waals surface area (Å²) in [5.74, 6) is 0. The average Bonchev–Trinajstić information content (AvgIpc) is 2.88. The molecule has 2 rings (SSSR count). The van der Waals surface area contributed by atoms with E-state index in [1.165, 1.54) is 11.4 Å². The summed E-state index contributed by atoms with van der Waals surface area (Å²) in [5.41, 5.74) is 2.53. The first-order valence-corrected chi connectivity index (χ1v) is 5.63. The normalized spacial score (nSPS) is 10.9. The molecule has 0 atom stereocenters. The lowest BCUT2D eigenvalue weighted by Crippen LogP contribution is -2.17. The van der Waals surface area contributed by atoms with Crippen molar-refractivity contribution in [3.8, 4) is 0 Å². The van der Waals surface area contributed by atoms with E-state index in [4.69, 9.17) is 0 Å². The van der Waals surface area contributed by atoms with Gasteiger partial charge in [-0.2, -0.15) is 5.10 Å². The molecule has 2 heterocycles. The van der Waals surface area contributed by atoms with Crippen LogP contribution in [-0.4, -0.2) is 14.3 Å². The van der Waals surface area contributed by atoms with Gasteiger partial charge < -0.3 is 9.88 Å². The number of nitrogens with one attached hydrogen (secondary N) is 1. The van der Waals surface area contributed by atoms with Gasteiger partial charge in [0.1, 0.15) is 0 Å². The number of hydrogen-bond acceptors (Lipinski definition) is 2. The molecule has 2 aromatic rings. The van der Waals surface area contributed by atoms with E-state index in [0.29, 0.717) is 0 Å². The van der Waals surface area contributed by atoms with Gasteiger partial charge in [-0.25, -0.2) is 0 Å². The zero-order chi connectivity index (χ0) is 11.4. The summed E-state index contributed by atoms with van der Waals surface area (Å²) in [6.45, 7) is 4.78. The van der Waals surface area contributed by atoms with E-state index in [0.717, 1.165) is 19.6 Å². The molecule has 0 bridgehead atoms. The lowest BCUT2D eigenvalue weighted by molar-refractivity contribution is 0.573. The Morgan fingerprint density at radius 1 is 1.25 bits per heavy atom. The Balaban J connectivity index is 1.87. The molecule has 0 aliphatic heterocycles. The van der Waals surface area contributed by atoms with E-state index in [9.17, 15) is 0 Å². The first-order valence-electron chi connectivity index (χ1n) is 5.63. The summed E-state index contributed by atoms with van der Waals surface area (Å²) < 4.78 is 4.14. The minimum Gasteiger partial charge on any atom is -0.353 e. The molecule has 0 aliphatic carbocycles. The number of rotatable bonds is 5. The quantitative estimate of drug-likeness (QED) is 0.826. The van der Waals surface area contributed by atoms with Crippen LogP contribution in [-0.2, 0) is 26.7 Å². The van der Waals surface area contributed by atoms with E-state index in [1.807, 2.05) is 10.9 Å². The van der Waals surface area contributed by atoms with Gasteiger partial charge in [0.2, 0.25) is 0 Å². The van der Waals surface area contributed by atoms with E-state index >= 15 is 0 Å². The smallest absolute Gasteiger partial charge is 0.0522 e. The van der Waals surface area contributed by atoms with Crippen molar-refractivity contribution in [1.29, 1.82) is 0 Å². The predicted molar refractivity (Wildman–Crippen MR) is 63.9 cm³/mol. The Morgan fingerprint density at radius 2 is 2.06 bits per heavy atom. The third kappa shape index (κ3) is 2.33. The lowest BCUT2D eigenvalue weighted by atomic mass is 10.4. The fraction of sp³-hybridized carbons (Fsp3) is 0.417. The van der Waals surface area contributed by atoms with Crippen LogP contribution in [0.2, 0.25) is 0 Å². The Morgan fingerprint density at radius 3 is 2.75 bits per heavy atom. The molecule has 16 heavy (non-hydrogen) atoms. The van der Waals surface area contributed by atoms with Gasteiger partial charge in [0, 0.05) is 44.8 Å². The van der Waals surface area contributed by atoms with Gasteiger partial charge >= 0.3 is 0 Å². The highest BCUT2D eigenvalue weighted by molar-refractivity contribution is 5.06. The molecule has 4 nitrogen and oxygen atoms in total. The predicted octanol–water partition coefficient (Wildman–Crippen LogP) is 1.53. The van der Waals surface area contributed by atoms with Crippen molar-refractivity contribution < 1.29 is 0 Å². The number of aromatic nitrogens is 3. The second-order valence-corrected chi connectivity index (χ2v) is 3.85. The average molecular weight is 218 g/mol. The lowest BCUT2D eigenvalue weighted by Gasteiger charge is -2.07. The second kappa shape index (κ2) is 4.99. The van der Waals surface area contributed by atoms with Gasteiger partial charge in [0.05, 0.1) is 5.69 Å². The molecule has 0 saturated carbocycles. The van der Waals surface area contributed by atoms with Gasteiger partial charge in [0.15, 0.2) is 0 Å². The van der Waals surface area contributed by atoms with Crippen LogP contribution in [0.15, 0.2) is 30.6 Å². The van der Waals surface area contributed by atoms with Crippen LogP contribution in [0.25, 0.3) is 0 Å². The molecule has 0 unspecified atom stereocenters. The first-order chi connectivity index (χ1) is 7.81. The van der Waals surface area contributed by atoms with Crippen molar-refractivity contribution in [2.75, 3.05) is 0 Å². The molecule has 0 aliphatic rings. The van der Waals surface area contributed by atoms with Crippen LogP contribution in [0.4, 0.5) is 0 Å². The molecule has 0 spiro atoms. The summed E-state index contributed by atoms with van der Waals surface area (Å²) in [7, 11) is 2.06. The summed E-state index contributed by atoms with van der Waals surface area (Å²) in [6, 6.07) is 6.25. The third-order valence-corrected chi connectivity index (χ3v) is 2.77. The van der Waals surface area contributed by atoms with Gasteiger partial charge in [0.25, 0.3) is 0 Å². The number of nitrogens with zero attached hydrogens (tertiary/aromatic N) is 3. The summed E-state index contributed by atoms with van der Waals surface area (Å²) in [6.07, 6.45) is 3.91. The molecule has 1 N–H and O–H groups in total. The number of hydrogen-bond donors (Lipinski definition) is 1. The zero-order valence-electron chi connectivity index (χ0n) is 9.85. The highest BCUT2D eigenvalue weighted by Crippen LogP contribution is 2.01. The van der Waals surface area contributed by atoms with Crippen LogP contribution in [0.1, 0.15) is 18.3 Å². The Hall–Kier alpha value is -1.55. The molecule has 0 amide bonds. The molecule has 4 heteroatoms. The van der Waals surface area contributed by atoms with E-state index in [-0.39, 0.29) is 0 Å². The Labute approximate surface area is 95.9 Å². The van der Waals surface area contributed by atoms with Crippen molar-refractivity contribution in [2.24, 2.45) is 7.05 Å². The maximum atomic E-state index is 4.24. The molecule has 2 aromatic heterocycles. The Kier molecular flexibility index (Phi) is 3.41. The topological polar surface area (TPSA) is 34.8 Å². The molecule has 0 aromatic carbocycles. The monoisotopic (exact) mass is 218 g/mol. The molecular weight excluding hydrogens is 200 g/mol. The maximum absolute atomic E-state index is 4.24. The van der Waals surface area contributed by atoms with Crippen LogP contribution < -0.4 is 5.32 Å². The SMILES string of the molecule is CCn1nccc1CNCc1cccn1C. The minimum atomic E-state index is 0.860. The van der Waals surface area contributed by atoms with E-state index in [2.05, 4.69) is 53.3 Å². The standard InChI is InChI=1S/C12H18N4/c1-3-16-12(6-7-14-16)10-13-9-11-5-4-8-15(11)2/h4-8,13H,3,9-10H2,1-2H3. The highest BCUT2D eigenvalue weighted by atomic mass is 15.3. The first kappa shape index (κ1) is 11.0. The van der Waals surface area contributed by atoms with Crippen molar-refractivity contribution in [2.45, 2.75) is 26.6 Å². The van der Waals surface area contributed by atoms with E-state index in [1.54, 1.807) is 0 Å². The molecule has 0 saturated heterocycles. The van der Waals surface area contributed by atoms with Crippen LogP contribution in [0, 0.1) is 0 Å². The highest BCUT2D eigenvalue weighted by Gasteiger charge is 2.01. The summed E-state index contributed by atoms with van der Waals surface area (Å²) in [4.78, 5) is 0. The van der Waals surface area contributed by atoms with Crippen molar-refractivity contribution in [3.63, 3.8) is 0 Å².